The molecule has 1 aromatic carbocycles. The maximum Gasteiger partial charge on any atom is 0.291 e. The zero-order valence-corrected chi connectivity index (χ0v) is 12.6. The van der Waals surface area contributed by atoms with Crippen LogP contribution in [0.3, 0.4) is 0 Å². The van der Waals surface area contributed by atoms with Gasteiger partial charge < -0.3 is 9.73 Å². The van der Waals surface area contributed by atoms with Gasteiger partial charge in [0.1, 0.15) is 5.82 Å². The average molecular weight is 362 g/mol. The van der Waals surface area contributed by atoms with Gasteiger partial charge in [-0.05, 0) is 46.3 Å². The molecular formula is C12H9BrFNO4S. The minimum absolute atomic E-state index is 0.0268. The number of furan rings is 1. The highest BCUT2D eigenvalue weighted by Gasteiger charge is 2.15. The number of rotatable bonds is 3. The minimum Gasteiger partial charge on any atom is -0.444 e. The molecular weight excluding hydrogens is 353 g/mol. The normalized spacial score (nSPS) is 11.3. The third-order valence-corrected chi connectivity index (χ3v) is 3.95. The lowest BCUT2D eigenvalue weighted by Crippen LogP contribution is -2.12. The Labute approximate surface area is 122 Å². The number of benzene rings is 1. The van der Waals surface area contributed by atoms with Gasteiger partial charge in [-0.2, -0.15) is 0 Å². The molecule has 1 aromatic heterocycles. The summed E-state index contributed by atoms with van der Waals surface area (Å²) in [6.45, 7) is 0. The number of hydrogen-bond donors (Lipinski definition) is 1. The first-order chi connectivity index (χ1) is 9.27. The highest BCUT2D eigenvalue weighted by atomic mass is 79.9. The van der Waals surface area contributed by atoms with Crippen molar-refractivity contribution in [2.45, 2.75) is 4.90 Å². The van der Waals surface area contributed by atoms with Crippen molar-refractivity contribution in [1.29, 1.82) is 0 Å². The summed E-state index contributed by atoms with van der Waals surface area (Å²) in [5.74, 6) is -1.45. The van der Waals surface area contributed by atoms with Crippen LogP contribution in [0, 0.1) is 5.82 Å². The maximum atomic E-state index is 13.6. The van der Waals surface area contributed by atoms with Crippen LogP contribution in [-0.4, -0.2) is 20.6 Å². The van der Waals surface area contributed by atoms with Gasteiger partial charge in [-0.3, -0.25) is 4.79 Å². The summed E-state index contributed by atoms with van der Waals surface area (Å²) in [6.07, 6.45) is 0.996. The molecule has 1 heterocycles. The van der Waals surface area contributed by atoms with Gasteiger partial charge in [-0.25, -0.2) is 12.8 Å². The van der Waals surface area contributed by atoms with Crippen molar-refractivity contribution >= 4 is 37.4 Å². The summed E-state index contributed by atoms with van der Waals surface area (Å²) in [5.41, 5.74) is -0.231. The van der Waals surface area contributed by atoms with E-state index in [4.69, 9.17) is 4.42 Å². The Morgan fingerprint density at radius 2 is 2.00 bits per heavy atom. The smallest absolute Gasteiger partial charge is 0.291 e. The molecule has 0 saturated carbocycles. The van der Waals surface area contributed by atoms with E-state index in [1.54, 1.807) is 0 Å². The Kier molecular flexibility index (Phi) is 3.96. The highest BCUT2D eigenvalue weighted by Crippen LogP contribution is 2.21. The SMILES string of the molecule is CS(=O)(=O)c1ccc(F)c(NC(=O)c2ccc(Br)o2)c1. The number of amides is 1. The summed E-state index contributed by atoms with van der Waals surface area (Å²) in [5, 5.41) is 2.26. The Balaban J connectivity index is 2.31. The van der Waals surface area contributed by atoms with Gasteiger partial charge in [0.2, 0.25) is 0 Å². The lowest BCUT2D eigenvalue weighted by atomic mass is 10.3. The van der Waals surface area contributed by atoms with E-state index in [0.717, 1.165) is 24.5 Å². The Morgan fingerprint density at radius 1 is 1.30 bits per heavy atom. The van der Waals surface area contributed by atoms with Crippen LogP contribution in [0.4, 0.5) is 10.1 Å². The quantitative estimate of drug-likeness (QED) is 0.852. The van der Waals surface area contributed by atoms with Gasteiger partial charge in [-0.15, -0.1) is 0 Å². The number of nitrogens with one attached hydrogen (secondary N) is 1. The van der Waals surface area contributed by atoms with E-state index < -0.39 is 21.6 Å². The standard InChI is InChI=1S/C12H9BrFNO4S/c1-20(17,18)7-2-3-8(14)9(6-7)15-12(16)10-4-5-11(13)19-10/h2-6H,1H3,(H,15,16). The lowest BCUT2D eigenvalue weighted by molar-refractivity contribution is 0.0995. The van der Waals surface area contributed by atoms with E-state index in [1.807, 2.05) is 0 Å². The number of hydrogen-bond acceptors (Lipinski definition) is 4. The molecule has 20 heavy (non-hydrogen) atoms. The number of anilines is 1. The van der Waals surface area contributed by atoms with Crippen molar-refractivity contribution in [3.8, 4) is 0 Å². The molecule has 0 aliphatic rings. The molecule has 0 atom stereocenters. The van der Waals surface area contributed by atoms with Gasteiger partial charge >= 0.3 is 0 Å². The van der Waals surface area contributed by atoms with Gasteiger partial charge in [0.25, 0.3) is 5.91 Å². The number of carbonyl (C=O) groups excluding carboxylic acids is 1. The molecule has 0 spiro atoms. The van der Waals surface area contributed by atoms with E-state index in [0.29, 0.717) is 4.67 Å². The van der Waals surface area contributed by atoms with Gasteiger partial charge in [-0.1, -0.05) is 0 Å². The summed E-state index contributed by atoms with van der Waals surface area (Å²) >= 11 is 3.04. The number of carbonyl (C=O) groups is 1. The van der Waals surface area contributed by atoms with E-state index in [2.05, 4.69) is 21.2 Å². The van der Waals surface area contributed by atoms with Crippen LogP contribution in [0.5, 0.6) is 0 Å². The van der Waals surface area contributed by atoms with Crippen LogP contribution >= 0.6 is 15.9 Å². The fourth-order valence-corrected chi connectivity index (χ4v) is 2.40. The number of sulfone groups is 1. The molecule has 0 unspecified atom stereocenters. The molecule has 2 aromatic rings. The molecule has 0 aliphatic heterocycles. The first-order valence-electron chi connectivity index (χ1n) is 5.33. The van der Waals surface area contributed by atoms with E-state index in [1.165, 1.54) is 12.1 Å². The van der Waals surface area contributed by atoms with Crippen molar-refractivity contribution in [1.82, 2.24) is 0 Å². The molecule has 1 N–H and O–H groups in total. The van der Waals surface area contributed by atoms with Gasteiger partial charge in [0.15, 0.2) is 20.3 Å². The van der Waals surface area contributed by atoms with E-state index in [9.17, 15) is 17.6 Å². The van der Waals surface area contributed by atoms with E-state index >= 15 is 0 Å². The lowest BCUT2D eigenvalue weighted by Gasteiger charge is -2.06. The largest absolute Gasteiger partial charge is 0.444 e. The predicted molar refractivity (Wildman–Crippen MR) is 73.9 cm³/mol. The Bertz CT molecular complexity index is 770. The van der Waals surface area contributed by atoms with Crippen molar-refractivity contribution < 1.29 is 22.0 Å². The molecule has 0 bridgehead atoms. The second-order valence-electron chi connectivity index (χ2n) is 3.97. The van der Waals surface area contributed by atoms with Crippen molar-refractivity contribution in [3.05, 3.63) is 46.6 Å². The van der Waals surface area contributed by atoms with Crippen LogP contribution < -0.4 is 5.32 Å². The molecule has 2 rings (SSSR count). The third-order valence-electron chi connectivity index (χ3n) is 2.41. The fraction of sp³-hybridized carbons (Fsp3) is 0.0833. The van der Waals surface area contributed by atoms with E-state index in [-0.39, 0.29) is 16.3 Å². The second kappa shape index (κ2) is 5.37. The predicted octanol–water partition coefficient (Wildman–Crippen LogP) is 2.84. The molecule has 106 valence electrons. The highest BCUT2D eigenvalue weighted by molar-refractivity contribution is 9.10. The molecule has 8 heteroatoms. The van der Waals surface area contributed by atoms with Crippen molar-refractivity contribution in [3.63, 3.8) is 0 Å². The van der Waals surface area contributed by atoms with Gasteiger partial charge in [0, 0.05) is 6.26 Å². The monoisotopic (exact) mass is 361 g/mol. The molecule has 0 saturated heterocycles. The van der Waals surface area contributed by atoms with Crippen LogP contribution in [0.1, 0.15) is 10.6 Å². The molecule has 0 fully saturated rings. The summed E-state index contributed by atoms with van der Waals surface area (Å²) in [7, 11) is -3.49. The zero-order valence-electron chi connectivity index (χ0n) is 10.2. The molecule has 0 aliphatic carbocycles. The maximum absolute atomic E-state index is 13.6. The first-order valence-corrected chi connectivity index (χ1v) is 8.02. The van der Waals surface area contributed by atoms with Crippen molar-refractivity contribution in [2.24, 2.45) is 0 Å². The fourth-order valence-electron chi connectivity index (χ4n) is 1.45. The summed E-state index contributed by atoms with van der Waals surface area (Å²) < 4.78 is 41.8. The Hall–Kier alpha value is -1.67. The zero-order chi connectivity index (χ0) is 14.9. The first kappa shape index (κ1) is 14.7. The minimum atomic E-state index is -3.49. The van der Waals surface area contributed by atoms with Crippen LogP contribution in [-0.2, 0) is 9.84 Å². The molecule has 5 nitrogen and oxygen atoms in total. The Morgan fingerprint density at radius 3 is 2.55 bits per heavy atom. The molecule has 1 amide bonds. The van der Waals surface area contributed by atoms with Crippen LogP contribution in [0.15, 0.2) is 44.3 Å². The van der Waals surface area contributed by atoms with Crippen LogP contribution in [0.2, 0.25) is 0 Å². The van der Waals surface area contributed by atoms with Crippen LogP contribution in [0.25, 0.3) is 0 Å². The molecule has 0 radical (unpaired) electrons. The topological polar surface area (TPSA) is 76.4 Å². The van der Waals surface area contributed by atoms with Gasteiger partial charge in [0.05, 0.1) is 10.6 Å². The average Bonchev–Trinajstić information content (AvgIpc) is 2.77. The summed E-state index contributed by atoms with van der Waals surface area (Å²) in [4.78, 5) is 11.7. The third kappa shape index (κ3) is 3.26. The number of halogens is 2. The second-order valence-corrected chi connectivity index (χ2v) is 6.77. The summed E-state index contributed by atoms with van der Waals surface area (Å²) in [6, 6.07) is 6.07. The van der Waals surface area contributed by atoms with Crippen molar-refractivity contribution in [2.75, 3.05) is 11.6 Å².